The molecule has 0 aliphatic carbocycles. The van der Waals surface area contributed by atoms with Crippen LogP contribution in [0.15, 0.2) is 48.5 Å². The molecule has 0 saturated heterocycles. The van der Waals surface area contributed by atoms with E-state index in [1.54, 1.807) is 11.0 Å². The monoisotopic (exact) mass is 369 g/mol. The standard InChI is InChI=1S/C19H19N3O5/c23-18-9-6-15-12-16(22(25)26)7-8-17(15)21(18)11-10-20-19(24)27-13-14-4-2-1-3-5-14/h1-5,7-8,12H,6,9-11,13H2,(H,20,24). The number of hydrogen-bond donors (Lipinski definition) is 1. The van der Waals surface area contributed by atoms with Gasteiger partial charge in [-0.2, -0.15) is 0 Å². The highest BCUT2D eigenvalue weighted by Gasteiger charge is 2.25. The summed E-state index contributed by atoms with van der Waals surface area (Å²) in [6.07, 6.45) is 0.193. The smallest absolute Gasteiger partial charge is 0.407 e. The molecular formula is C19H19N3O5. The van der Waals surface area contributed by atoms with Crippen LogP contribution in [0.5, 0.6) is 0 Å². The highest BCUT2D eigenvalue weighted by atomic mass is 16.6. The summed E-state index contributed by atoms with van der Waals surface area (Å²) in [5.41, 5.74) is 2.30. The summed E-state index contributed by atoms with van der Waals surface area (Å²) in [6.45, 7) is 0.654. The maximum Gasteiger partial charge on any atom is 0.407 e. The fourth-order valence-electron chi connectivity index (χ4n) is 2.95. The number of nitrogens with one attached hydrogen (secondary N) is 1. The number of ether oxygens (including phenoxy) is 1. The van der Waals surface area contributed by atoms with Crippen molar-refractivity contribution >= 4 is 23.4 Å². The first-order valence-electron chi connectivity index (χ1n) is 8.57. The first kappa shape index (κ1) is 18.4. The molecule has 2 aromatic carbocycles. The van der Waals surface area contributed by atoms with Crippen molar-refractivity contribution in [1.29, 1.82) is 0 Å². The van der Waals surface area contributed by atoms with E-state index in [2.05, 4.69) is 5.32 Å². The van der Waals surface area contributed by atoms with Crippen LogP contribution in [0.2, 0.25) is 0 Å². The Morgan fingerprint density at radius 3 is 2.70 bits per heavy atom. The Morgan fingerprint density at radius 1 is 1.19 bits per heavy atom. The predicted molar refractivity (Wildman–Crippen MR) is 98.4 cm³/mol. The minimum Gasteiger partial charge on any atom is -0.445 e. The van der Waals surface area contributed by atoms with Crippen molar-refractivity contribution < 1.29 is 19.2 Å². The molecule has 8 heteroatoms. The number of nitro groups is 1. The van der Waals surface area contributed by atoms with Gasteiger partial charge in [-0.1, -0.05) is 30.3 Å². The highest BCUT2D eigenvalue weighted by Crippen LogP contribution is 2.30. The molecule has 0 bridgehead atoms. The van der Waals surface area contributed by atoms with Crippen LogP contribution in [0, 0.1) is 10.1 Å². The van der Waals surface area contributed by atoms with E-state index in [4.69, 9.17) is 4.74 Å². The number of carbonyl (C=O) groups is 2. The number of anilines is 1. The maximum absolute atomic E-state index is 12.2. The third kappa shape index (κ3) is 4.60. The molecule has 0 atom stereocenters. The Bertz CT molecular complexity index is 854. The van der Waals surface area contributed by atoms with Crippen molar-refractivity contribution in [2.75, 3.05) is 18.0 Å². The summed E-state index contributed by atoms with van der Waals surface area (Å²) in [6, 6.07) is 13.8. The van der Waals surface area contributed by atoms with Crippen LogP contribution >= 0.6 is 0 Å². The summed E-state index contributed by atoms with van der Waals surface area (Å²) in [7, 11) is 0. The number of nitrogens with zero attached hydrogens (tertiary/aromatic N) is 2. The Morgan fingerprint density at radius 2 is 1.96 bits per heavy atom. The van der Waals surface area contributed by atoms with Crippen LogP contribution in [0.3, 0.4) is 0 Å². The van der Waals surface area contributed by atoms with Gasteiger partial charge in [-0.15, -0.1) is 0 Å². The molecule has 140 valence electrons. The van der Waals surface area contributed by atoms with E-state index in [-0.39, 0.29) is 37.7 Å². The normalized spacial score (nSPS) is 13.0. The second-order valence-corrected chi connectivity index (χ2v) is 6.10. The van der Waals surface area contributed by atoms with Crippen LogP contribution in [0.4, 0.5) is 16.2 Å². The molecule has 2 aromatic rings. The molecule has 1 aliphatic rings. The third-order valence-electron chi connectivity index (χ3n) is 4.29. The summed E-state index contributed by atoms with van der Waals surface area (Å²) < 4.78 is 5.13. The Kier molecular flexibility index (Phi) is 5.65. The van der Waals surface area contributed by atoms with Gasteiger partial charge in [0, 0.05) is 37.3 Å². The minimum atomic E-state index is -0.563. The van der Waals surface area contributed by atoms with Crippen LogP contribution in [-0.4, -0.2) is 30.0 Å². The lowest BCUT2D eigenvalue weighted by molar-refractivity contribution is -0.384. The lowest BCUT2D eigenvalue weighted by atomic mass is 10.0. The zero-order valence-corrected chi connectivity index (χ0v) is 14.6. The topological polar surface area (TPSA) is 102 Å². The zero-order valence-electron chi connectivity index (χ0n) is 14.6. The molecule has 0 radical (unpaired) electrons. The fraction of sp³-hybridized carbons (Fsp3) is 0.263. The van der Waals surface area contributed by atoms with Gasteiger partial charge in [0.05, 0.1) is 4.92 Å². The quantitative estimate of drug-likeness (QED) is 0.623. The zero-order chi connectivity index (χ0) is 19.2. The first-order chi connectivity index (χ1) is 13.0. The first-order valence-corrected chi connectivity index (χ1v) is 8.57. The number of fused-ring (bicyclic) bond motifs is 1. The number of nitro benzene ring substituents is 1. The minimum absolute atomic E-state index is 0.00524. The summed E-state index contributed by atoms with van der Waals surface area (Å²) in [5, 5.41) is 13.5. The number of non-ortho nitro benzene ring substituents is 1. The van der Waals surface area contributed by atoms with Crippen LogP contribution in [0.1, 0.15) is 17.5 Å². The van der Waals surface area contributed by atoms with E-state index in [0.717, 1.165) is 11.1 Å². The van der Waals surface area contributed by atoms with E-state index >= 15 is 0 Å². The average Bonchev–Trinajstić information content (AvgIpc) is 2.68. The number of hydrogen-bond acceptors (Lipinski definition) is 5. The molecule has 0 fully saturated rings. The van der Waals surface area contributed by atoms with Crippen LogP contribution < -0.4 is 10.2 Å². The molecule has 2 amide bonds. The number of alkyl carbamates (subject to hydrolysis) is 1. The molecule has 1 heterocycles. The van der Waals surface area contributed by atoms with Gasteiger partial charge in [0.2, 0.25) is 5.91 Å². The lowest BCUT2D eigenvalue weighted by Crippen LogP contribution is -2.41. The number of amides is 2. The average molecular weight is 369 g/mol. The van der Waals surface area contributed by atoms with Crippen molar-refractivity contribution in [3.05, 3.63) is 69.8 Å². The van der Waals surface area contributed by atoms with Crippen LogP contribution in [-0.2, 0) is 22.6 Å². The van der Waals surface area contributed by atoms with Gasteiger partial charge in [0.15, 0.2) is 0 Å². The number of carbonyl (C=O) groups excluding carboxylic acids is 2. The Balaban J connectivity index is 1.54. The summed E-state index contributed by atoms with van der Waals surface area (Å²) in [5.74, 6) is -0.0733. The largest absolute Gasteiger partial charge is 0.445 e. The molecule has 0 unspecified atom stereocenters. The van der Waals surface area contributed by atoms with Crippen molar-refractivity contribution in [2.24, 2.45) is 0 Å². The van der Waals surface area contributed by atoms with Gasteiger partial charge in [-0.3, -0.25) is 14.9 Å². The Hall–Kier alpha value is -3.42. The molecule has 0 aromatic heterocycles. The SMILES string of the molecule is O=C(NCCN1C(=O)CCc2cc([N+](=O)[O-])ccc21)OCc1ccccc1. The number of aryl methyl sites for hydroxylation is 1. The molecule has 0 saturated carbocycles. The third-order valence-corrected chi connectivity index (χ3v) is 4.29. The van der Waals surface area contributed by atoms with Gasteiger partial charge >= 0.3 is 6.09 Å². The summed E-state index contributed by atoms with van der Waals surface area (Å²) in [4.78, 5) is 36.0. The molecule has 1 aliphatic heterocycles. The fourth-order valence-corrected chi connectivity index (χ4v) is 2.95. The van der Waals surface area contributed by atoms with Gasteiger partial charge in [-0.25, -0.2) is 4.79 Å². The summed E-state index contributed by atoms with van der Waals surface area (Å²) >= 11 is 0. The number of benzene rings is 2. The maximum atomic E-state index is 12.2. The second-order valence-electron chi connectivity index (χ2n) is 6.10. The van der Waals surface area contributed by atoms with Gasteiger partial charge in [0.1, 0.15) is 6.61 Å². The van der Waals surface area contributed by atoms with Gasteiger partial charge in [-0.05, 0) is 23.6 Å². The van der Waals surface area contributed by atoms with E-state index in [1.807, 2.05) is 30.3 Å². The van der Waals surface area contributed by atoms with Crippen molar-refractivity contribution in [1.82, 2.24) is 5.32 Å². The van der Waals surface area contributed by atoms with E-state index < -0.39 is 11.0 Å². The molecular weight excluding hydrogens is 350 g/mol. The molecule has 0 spiro atoms. The molecule has 3 rings (SSSR count). The Labute approximate surface area is 155 Å². The van der Waals surface area contributed by atoms with Crippen molar-refractivity contribution in [2.45, 2.75) is 19.4 Å². The van der Waals surface area contributed by atoms with Crippen molar-refractivity contribution in [3.63, 3.8) is 0 Å². The van der Waals surface area contributed by atoms with E-state index in [1.165, 1.54) is 12.1 Å². The number of rotatable bonds is 6. The predicted octanol–water partition coefficient (Wildman–Crippen LogP) is 2.80. The van der Waals surface area contributed by atoms with Gasteiger partial charge < -0.3 is 15.0 Å². The van der Waals surface area contributed by atoms with Gasteiger partial charge in [0.25, 0.3) is 5.69 Å². The molecule has 27 heavy (non-hydrogen) atoms. The van der Waals surface area contributed by atoms with E-state index in [9.17, 15) is 19.7 Å². The van der Waals surface area contributed by atoms with E-state index in [0.29, 0.717) is 12.1 Å². The second kappa shape index (κ2) is 8.31. The highest BCUT2D eigenvalue weighted by molar-refractivity contribution is 5.96. The molecule has 8 nitrogen and oxygen atoms in total. The van der Waals surface area contributed by atoms with Crippen LogP contribution in [0.25, 0.3) is 0 Å². The van der Waals surface area contributed by atoms with Crippen molar-refractivity contribution in [3.8, 4) is 0 Å². The lowest BCUT2D eigenvalue weighted by Gasteiger charge is -2.29. The molecule has 1 N–H and O–H groups in total.